The maximum absolute atomic E-state index is 5.45. The van der Waals surface area contributed by atoms with E-state index in [9.17, 15) is 0 Å². The van der Waals surface area contributed by atoms with Gasteiger partial charge in [-0.3, -0.25) is 4.57 Å². The molecular formula is C10H11N3O. The van der Waals surface area contributed by atoms with E-state index in [4.69, 9.17) is 4.74 Å². The van der Waals surface area contributed by atoms with Gasteiger partial charge in [0, 0.05) is 18.6 Å². The Balaban J connectivity index is 2.42. The number of pyridine rings is 1. The molecule has 0 N–H and O–H groups in total. The van der Waals surface area contributed by atoms with Crippen LogP contribution in [0.5, 0.6) is 5.75 Å². The first kappa shape index (κ1) is 8.74. The molecule has 0 unspecified atom stereocenters. The zero-order chi connectivity index (χ0) is 9.80. The van der Waals surface area contributed by atoms with Gasteiger partial charge in [0.2, 0.25) is 0 Å². The molecule has 0 fully saturated rings. The molecule has 0 aliphatic rings. The van der Waals surface area contributed by atoms with Gasteiger partial charge in [-0.15, -0.1) is 0 Å². The van der Waals surface area contributed by atoms with Gasteiger partial charge in [0.25, 0.3) is 0 Å². The third kappa shape index (κ3) is 1.59. The van der Waals surface area contributed by atoms with Gasteiger partial charge < -0.3 is 4.74 Å². The first-order valence-electron chi connectivity index (χ1n) is 4.48. The van der Waals surface area contributed by atoms with Gasteiger partial charge in [0.15, 0.2) is 11.6 Å². The van der Waals surface area contributed by atoms with Crippen molar-refractivity contribution in [1.29, 1.82) is 0 Å². The fraction of sp³-hybridized carbons (Fsp3) is 0.200. The van der Waals surface area contributed by atoms with E-state index in [2.05, 4.69) is 9.97 Å². The van der Waals surface area contributed by atoms with Crippen LogP contribution in [-0.2, 0) is 0 Å². The molecule has 2 aromatic rings. The zero-order valence-electron chi connectivity index (χ0n) is 7.92. The van der Waals surface area contributed by atoms with Gasteiger partial charge in [0.1, 0.15) is 6.33 Å². The molecule has 0 aromatic carbocycles. The molecule has 0 bridgehead atoms. The highest BCUT2D eigenvalue weighted by atomic mass is 16.5. The first-order valence-corrected chi connectivity index (χ1v) is 4.48. The summed E-state index contributed by atoms with van der Waals surface area (Å²) in [5.74, 6) is 1.54. The monoisotopic (exact) mass is 189 g/mol. The maximum atomic E-state index is 5.45. The van der Waals surface area contributed by atoms with Gasteiger partial charge in [0.05, 0.1) is 6.61 Å². The van der Waals surface area contributed by atoms with Crippen molar-refractivity contribution in [3.05, 3.63) is 37.1 Å². The highest BCUT2D eigenvalue weighted by Gasteiger charge is 2.04. The Kier molecular flexibility index (Phi) is 2.44. The molecule has 0 atom stereocenters. The Morgan fingerprint density at radius 1 is 1.43 bits per heavy atom. The standard InChI is InChI=1S/C10H11N3O/c1-2-14-9-4-3-5-12-10(9)13-7-6-11-8-13/h3-8H,2H2,1H3. The van der Waals surface area contributed by atoms with E-state index in [1.165, 1.54) is 0 Å². The van der Waals surface area contributed by atoms with Crippen LogP contribution in [0.1, 0.15) is 6.92 Å². The number of ether oxygens (including phenoxy) is 1. The second kappa shape index (κ2) is 3.91. The zero-order valence-corrected chi connectivity index (χ0v) is 7.92. The summed E-state index contributed by atoms with van der Waals surface area (Å²) < 4.78 is 7.27. The minimum atomic E-state index is 0.632. The summed E-state index contributed by atoms with van der Waals surface area (Å²) in [6.07, 6.45) is 6.98. The molecule has 0 saturated carbocycles. The van der Waals surface area contributed by atoms with Gasteiger partial charge in [-0.2, -0.15) is 0 Å². The third-order valence-electron chi connectivity index (χ3n) is 1.80. The van der Waals surface area contributed by atoms with Crippen LogP contribution >= 0.6 is 0 Å². The molecule has 0 radical (unpaired) electrons. The predicted octanol–water partition coefficient (Wildman–Crippen LogP) is 1.67. The number of aromatic nitrogens is 3. The topological polar surface area (TPSA) is 39.9 Å². The molecule has 2 heterocycles. The number of hydrogen-bond acceptors (Lipinski definition) is 3. The van der Waals surface area contributed by atoms with E-state index in [0.29, 0.717) is 6.61 Å². The van der Waals surface area contributed by atoms with Crippen LogP contribution in [0.25, 0.3) is 5.82 Å². The van der Waals surface area contributed by atoms with Crippen molar-refractivity contribution in [2.45, 2.75) is 6.92 Å². The Hall–Kier alpha value is -1.84. The first-order chi connectivity index (χ1) is 6.92. The van der Waals surface area contributed by atoms with Crippen molar-refractivity contribution < 1.29 is 4.74 Å². The summed E-state index contributed by atoms with van der Waals surface area (Å²) in [6.45, 7) is 2.58. The molecule has 0 aliphatic heterocycles. The second-order valence-corrected chi connectivity index (χ2v) is 2.73. The number of imidazole rings is 1. The Bertz CT molecular complexity index is 398. The Morgan fingerprint density at radius 3 is 3.07 bits per heavy atom. The third-order valence-corrected chi connectivity index (χ3v) is 1.80. The summed E-state index contributed by atoms with van der Waals surface area (Å²) in [5, 5.41) is 0. The minimum Gasteiger partial charge on any atom is -0.490 e. The molecule has 14 heavy (non-hydrogen) atoms. The summed E-state index contributed by atoms with van der Waals surface area (Å²) in [5.41, 5.74) is 0. The fourth-order valence-electron chi connectivity index (χ4n) is 1.23. The molecule has 0 aliphatic carbocycles. The van der Waals surface area contributed by atoms with E-state index in [1.807, 2.05) is 29.8 Å². The van der Waals surface area contributed by atoms with Crippen LogP contribution in [0.3, 0.4) is 0 Å². The number of rotatable bonds is 3. The van der Waals surface area contributed by atoms with Crippen molar-refractivity contribution in [3.63, 3.8) is 0 Å². The molecule has 2 aromatic heterocycles. The average Bonchev–Trinajstić information content (AvgIpc) is 2.72. The minimum absolute atomic E-state index is 0.632. The van der Waals surface area contributed by atoms with Gasteiger partial charge in [-0.1, -0.05) is 0 Å². The van der Waals surface area contributed by atoms with Crippen molar-refractivity contribution in [2.75, 3.05) is 6.61 Å². The van der Waals surface area contributed by atoms with Crippen molar-refractivity contribution >= 4 is 0 Å². The lowest BCUT2D eigenvalue weighted by atomic mass is 10.4. The normalized spacial score (nSPS) is 10.1. The smallest absolute Gasteiger partial charge is 0.180 e. The molecule has 4 heteroatoms. The lowest BCUT2D eigenvalue weighted by molar-refractivity contribution is 0.337. The molecule has 72 valence electrons. The van der Waals surface area contributed by atoms with Crippen LogP contribution in [0.4, 0.5) is 0 Å². The van der Waals surface area contributed by atoms with Crippen molar-refractivity contribution in [1.82, 2.24) is 14.5 Å². The van der Waals surface area contributed by atoms with Crippen LogP contribution in [0.2, 0.25) is 0 Å². The molecule has 0 amide bonds. The SMILES string of the molecule is CCOc1cccnc1-n1ccnc1. The summed E-state index contributed by atoms with van der Waals surface area (Å²) in [4.78, 5) is 8.20. The Morgan fingerprint density at radius 2 is 2.36 bits per heavy atom. The average molecular weight is 189 g/mol. The van der Waals surface area contributed by atoms with E-state index in [1.54, 1.807) is 18.7 Å². The van der Waals surface area contributed by atoms with Crippen molar-refractivity contribution in [2.24, 2.45) is 0 Å². The van der Waals surface area contributed by atoms with E-state index in [-0.39, 0.29) is 0 Å². The van der Waals surface area contributed by atoms with Gasteiger partial charge in [-0.25, -0.2) is 9.97 Å². The quantitative estimate of drug-likeness (QED) is 0.737. The van der Waals surface area contributed by atoms with Crippen LogP contribution in [-0.4, -0.2) is 21.1 Å². The highest BCUT2D eigenvalue weighted by Crippen LogP contribution is 2.18. The van der Waals surface area contributed by atoms with E-state index < -0.39 is 0 Å². The fourth-order valence-corrected chi connectivity index (χ4v) is 1.23. The van der Waals surface area contributed by atoms with Gasteiger partial charge in [-0.05, 0) is 19.1 Å². The Labute approximate surface area is 82.2 Å². The molecule has 0 saturated heterocycles. The second-order valence-electron chi connectivity index (χ2n) is 2.73. The molecular weight excluding hydrogens is 178 g/mol. The maximum Gasteiger partial charge on any atom is 0.180 e. The van der Waals surface area contributed by atoms with Crippen LogP contribution in [0, 0.1) is 0 Å². The summed E-state index contributed by atoms with van der Waals surface area (Å²) in [6, 6.07) is 3.75. The van der Waals surface area contributed by atoms with Crippen LogP contribution < -0.4 is 4.74 Å². The van der Waals surface area contributed by atoms with E-state index in [0.717, 1.165) is 11.6 Å². The number of hydrogen-bond donors (Lipinski definition) is 0. The van der Waals surface area contributed by atoms with E-state index >= 15 is 0 Å². The molecule has 0 spiro atoms. The largest absolute Gasteiger partial charge is 0.490 e. The summed E-state index contributed by atoms with van der Waals surface area (Å²) >= 11 is 0. The molecule has 2 rings (SSSR count). The van der Waals surface area contributed by atoms with Crippen molar-refractivity contribution in [3.8, 4) is 11.6 Å². The predicted molar refractivity (Wildman–Crippen MR) is 52.5 cm³/mol. The number of nitrogens with zero attached hydrogens (tertiary/aromatic N) is 3. The molecule has 4 nitrogen and oxygen atoms in total. The lowest BCUT2D eigenvalue weighted by Crippen LogP contribution is -2.00. The highest BCUT2D eigenvalue weighted by molar-refractivity contribution is 5.39. The summed E-state index contributed by atoms with van der Waals surface area (Å²) in [7, 11) is 0. The lowest BCUT2D eigenvalue weighted by Gasteiger charge is -2.08. The van der Waals surface area contributed by atoms with Crippen LogP contribution in [0.15, 0.2) is 37.1 Å². The van der Waals surface area contributed by atoms with Gasteiger partial charge >= 0.3 is 0 Å².